The minimum absolute atomic E-state index is 0.127. The summed E-state index contributed by atoms with van der Waals surface area (Å²) in [6, 6.07) is 1.77. The molecule has 118 valence electrons. The highest BCUT2D eigenvalue weighted by molar-refractivity contribution is 9.10. The molecular formula is C15H22BrClN2O2. The van der Waals surface area contributed by atoms with Gasteiger partial charge in [-0.2, -0.15) is 0 Å². The quantitative estimate of drug-likeness (QED) is 0.856. The molecule has 2 N–H and O–H groups in total. The normalized spacial score (nSPS) is 17.8. The summed E-state index contributed by atoms with van der Waals surface area (Å²) in [5.74, 6) is 0.806. The molecule has 1 atom stereocenters. The van der Waals surface area contributed by atoms with Crippen molar-refractivity contribution in [1.82, 2.24) is 4.90 Å². The largest absolute Gasteiger partial charge is 0.491 e. The molecule has 0 radical (unpaired) electrons. The van der Waals surface area contributed by atoms with E-state index in [1.54, 1.807) is 0 Å². The Bertz CT molecular complexity index is 491. The molecule has 1 aliphatic heterocycles. The van der Waals surface area contributed by atoms with Gasteiger partial charge >= 0.3 is 0 Å². The summed E-state index contributed by atoms with van der Waals surface area (Å²) in [7, 11) is 0. The number of hydrogen-bond donors (Lipinski definition) is 1. The van der Waals surface area contributed by atoms with Gasteiger partial charge in [-0.25, -0.2) is 0 Å². The Labute approximate surface area is 139 Å². The van der Waals surface area contributed by atoms with E-state index in [1.165, 1.54) is 0 Å². The Morgan fingerprint density at radius 3 is 2.76 bits per heavy atom. The van der Waals surface area contributed by atoms with Crippen LogP contribution in [0.25, 0.3) is 0 Å². The second-order valence-electron chi connectivity index (χ2n) is 5.31. The van der Waals surface area contributed by atoms with Gasteiger partial charge in [-0.15, -0.1) is 0 Å². The SMILES string of the molecule is Cc1c(Cl)cc(C(C)N)c(OCCN2CCOCC2)c1Br. The summed E-state index contributed by atoms with van der Waals surface area (Å²) in [5, 5.41) is 0.703. The number of benzene rings is 1. The number of nitrogens with two attached hydrogens (primary N) is 1. The van der Waals surface area contributed by atoms with Gasteiger partial charge in [-0.05, 0) is 41.4 Å². The summed E-state index contributed by atoms with van der Waals surface area (Å²) in [5.41, 5.74) is 7.94. The van der Waals surface area contributed by atoms with Crippen molar-refractivity contribution in [3.05, 3.63) is 26.7 Å². The molecule has 1 saturated heterocycles. The van der Waals surface area contributed by atoms with Crippen LogP contribution in [-0.4, -0.2) is 44.4 Å². The van der Waals surface area contributed by atoms with Gasteiger partial charge < -0.3 is 15.2 Å². The standard InChI is InChI=1S/C15H22BrClN2O2/c1-10-13(17)9-12(11(2)18)15(14(10)16)21-8-5-19-3-6-20-7-4-19/h9,11H,3-8,18H2,1-2H3. The van der Waals surface area contributed by atoms with Crippen molar-refractivity contribution in [3.63, 3.8) is 0 Å². The van der Waals surface area contributed by atoms with Gasteiger partial charge in [0, 0.05) is 36.3 Å². The molecule has 4 nitrogen and oxygen atoms in total. The fraction of sp³-hybridized carbons (Fsp3) is 0.600. The van der Waals surface area contributed by atoms with Crippen molar-refractivity contribution in [2.75, 3.05) is 39.5 Å². The number of nitrogens with zero attached hydrogens (tertiary/aromatic N) is 1. The fourth-order valence-electron chi connectivity index (χ4n) is 2.30. The highest BCUT2D eigenvalue weighted by Gasteiger charge is 2.17. The second-order valence-corrected chi connectivity index (χ2v) is 6.51. The number of ether oxygens (including phenoxy) is 2. The molecule has 1 fully saturated rings. The molecule has 0 spiro atoms. The summed E-state index contributed by atoms with van der Waals surface area (Å²) in [4.78, 5) is 2.34. The number of morpholine rings is 1. The van der Waals surface area contributed by atoms with Crippen LogP contribution in [0.3, 0.4) is 0 Å². The van der Waals surface area contributed by atoms with Crippen LogP contribution in [0.4, 0.5) is 0 Å². The van der Waals surface area contributed by atoms with Gasteiger partial charge in [0.15, 0.2) is 0 Å². The van der Waals surface area contributed by atoms with Crippen LogP contribution in [0.15, 0.2) is 10.5 Å². The van der Waals surface area contributed by atoms with Crippen LogP contribution in [0, 0.1) is 6.92 Å². The van der Waals surface area contributed by atoms with Crippen molar-refractivity contribution in [2.24, 2.45) is 5.73 Å². The average molecular weight is 378 g/mol. The Morgan fingerprint density at radius 1 is 1.48 bits per heavy atom. The maximum atomic E-state index is 6.23. The molecule has 0 amide bonds. The van der Waals surface area contributed by atoms with E-state index < -0.39 is 0 Å². The third kappa shape index (κ3) is 4.33. The predicted molar refractivity (Wildman–Crippen MR) is 89.2 cm³/mol. The molecule has 1 aromatic carbocycles. The first kappa shape index (κ1) is 17.0. The Kier molecular flexibility index (Phi) is 6.32. The summed E-state index contributed by atoms with van der Waals surface area (Å²) in [6.07, 6.45) is 0. The highest BCUT2D eigenvalue weighted by atomic mass is 79.9. The van der Waals surface area contributed by atoms with Crippen LogP contribution in [0.1, 0.15) is 24.1 Å². The van der Waals surface area contributed by atoms with Crippen molar-refractivity contribution in [1.29, 1.82) is 0 Å². The van der Waals surface area contributed by atoms with E-state index in [-0.39, 0.29) is 6.04 Å². The second kappa shape index (κ2) is 7.79. The number of rotatable bonds is 5. The van der Waals surface area contributed by atoms with Gasteiger partial charge in [0.2, 0.25) is 0 Å². The van der Waals surface area contributed by atoms with Crippen molar-refractivity contribution in [2.45, 2.75) is 19.9 Å². The van der Waals surface area contributed by atoms with Gasteiger partial charge in [-0.3, -0.25) is 4.90 Å². The van der Waals surface area contributed by atoms with Crippen LogP contribution in [0.2, 0.25) is 5.02 Å². The molecule has 0 aliphatic carbocycles. The van der Waals surface area contributed by atoms with Gasteiger partial charge in [-0.1, -0.05) is 11.6 Å². The molecule has 2 rings (SSSR count). The maximum absolute atomic E-state index is 6.23. The van der Waals surface area contributed by atoms with E-state index in [0.29, 0.717) is 11.6 Å². The van der Waals surface area contributed by atoms with Gasteiger partial charge in [0.1, 0.15) is 12.4 Å². The maximum Gasteiger partial charge on any atom is 0.138 e. The lowest BCUT2D eigenvalue weighted by Gasteiger charge is -2.27. The summed E-state index contributed by atoms with van der Waals surface area (Å²) < 4.78 is 12.2. The van der Waals surface area contributed by atoms with Crippen LogP contribution >= 0.6 is 27.5 Å². The minimum atomic E-state index is -0.127. The van der Waals surface area contributed by atoms with E-state index in [1.807, 2.05) is 19.9 Å². The van der Waals surface area contributed by atoms with E-state index in [9.17, 15) is 0 Å². The molecule has 6 heteroatoms. The first-order chi connectivity index (χ1) is 10.0. The predicted octanol–water partition coefficient (Wildman–Crippen LogP) is 3.14. The van der Waals surface area contributed by atoms with Crippen molar-refractivity contribution < 1.29 is 9.47 Å². The molecule has 0 bridgehead atoms. The van der Waals surface area contributed by atoms with E-state index in [4.69, 9.17) is 26.8 Å². The molecule has 0 aromatic heterocycles. The zero-order chi connectivity index (χ0) is 15.4. The lowest BCUT2D eigenvalue weighted by molar-refractivity contribution is 0.0321. The first-order valence-corrected chi connectivity index (χ1v) is 8.34. The zero-order valence-corrected chi connectivity index (χ0v) is 14.8. The molecule has 0 saturated carbocycles. The topological polar surface area (TPSA) is 47.7 Å². The van der Waals surface area contributed by atoms with E-state index >= 15 is 0 Å². The molecular weight excluding hydrogens is 356 g/mol. The molecule has 1 heterocycles. The number of halogens is 2. The molecule has 1 aliphatic rings. The smallest absolute Gasteiger partial charge is 0.138 e. The summed E-state index contributed by atoms with van der Waals surface area (Å²) >= 11 is 9.81. The third-order valence-electron chi connectivity index (χ3n) is 3.68. The van der Waals surface area contributed by atoms with Crippen molar-refractivity contribution in [3.8, 4) is 5.75 Å². The fourth-order valence-corrected chi connectivity index (χ4v) is 3.18. The average Bonchev–Trinajstić information content (AvgIpc) is 2.47. The van der Waals surface area contributed by atoms with E-state index in [0.717, 1.165) is 54.2 Å². The Balaban J connectivity index is 2.05. The van der Waals surface area contributed by atoms with Crippen molar-refractivity contribution >= 4 is 27.5 Å². The monoisotopic (exact) mass is 376 g/mol. The van der Waals surface area contributed by atoms with Crippen LogP contribution < -0.4 is 10.5 Å². The van der Waals surface area contributed by atoms with Crippen LogP contribution in [-0.2, 0) is 4.74 Å². The summed E-state index contributed by atoms with van der Waals surface area (Å²) in [6.45, 7) is 8.93. The van der Waals surface area contributed by atoms with Gasteiger partial charge in [0.25, 0.3) is 0 Å². The highest BCUT2D eigenvalue weighted by Crippen LogP contribution is 2.39. The molecule has 1 unspecified atom stereocenters. The first-order valence-electron chi connectivity index (χ1n) is 7.17. The third-order valence-corrected chi connectivity index (χ3v) is 5.03. The van der Waals surface area contributed by atoms with Crippen LogP contribution in [0.5, 0.6) is 5.75 Å². The Hall–Kier alpha value is -0.330. The zero-order valence-electron chi connectivity index (χ0n) is 12.5. The lowest BCUT2D eigenvalue weighted by Crippen LogP contribution is -2.38. The molecule has 21 heavy (non-hydrogen) atoms. The van der Waals surface area contributed by atoms with E-state index in [2.05, 4.69) is 20.8 Å². The lowest BCUT2D eigenvalue weighted by atomic mass is 10.1. The number of hydrogen-bond acceptors (Lipinski definition) is 4. The minimum Gasteiger partial charge on any atom is -0.491 e. The Morgan fingerprint density at radius 2 is 2.14 bits per heavy atom. The van der Waals surface area contributed by atoms with Gasteiger partial charge in [0.05, 0.1) is 17.7 Å². The molecule has 1 aromatic rings.